The number of carbonyl (C=O) groups excluding carboxylic acids is 1. The van der Waals surface area contributed by atoms with Crippen LogP contribution >= 0.6 is 0 Å². The first-order valence-electron chi connectivity index (χ1n) is 5.76. The van der Waals surface area contributed by atoms with Crippen LogP contribution < -0.4 is 10.6 Å². The zero-order valence-corrected chi connectivity index (χ0v) is 9.92. The summed E-state index contributed by atoms with van der Waals surface area (Å²) >= 11 is 0. The lowest BCUT2D eigenvalue weighted by Crippen LogP contribution is -2.23. The number of carbonyl (C=O) groups is 1. The summed E-state index contributed by atoms with van der Waals surface area (Å²) in [6.07, 6.45) is 3.93. The zero-order valence-electron chi connectivity index (χ0n) is 9.92. The van der Waals surface area contributed by atoms with Crippen LogP contribution in [0.25, 0.3) is 0 Å². The normalized spacial score (nSPS) is 9.88. The summed E-state index contributed by atoms with van der Waals surface area (Å²) in [6, 6.07) is 3.65. The standard InChI is InChI=1S/C12H19N3O/c1-3-5-7-14-10-6-8-15-11(9-10)12(16)13-4-2/h6,8-9H,3-5,7H2,1-2H3,(H,13,16)(H,14,15). The molecule has 0 unspecified atom stereocenters. The fraction of sp³-hybridized carbons (Fsp3) is 0.500. The number of amides is 1. The molecule has 2 N–H and O–H groups in total. The molecular weight excluding hydrogens is 202 g/mol. The average Bonchev–Trinajstić information content (AvgIpc) is 2.30. The van der Waals surface area contributed by atoms with Crippen LogP contribution in [0.1, 0.15) is 37.2 Å². The highest BCUT2D eigenvalue weighted by molar-refractivity contribution is 5.93. The molecule has 0 aliphatic carbocycles. The molecule has 0 atom stereocenters. The SMILES string of the molecule is CCCCNc1ccnc(C(=O)NCC)c1. The van der Waals surface area contributed by atoms with E-state index >= 15 is 0 Å². The molecule has 1 amide bonds. The summed E-state index contributed by atoms with van der Waals surface area (Å²) in [5.74, 6) is -0.123. The van der Waals surface area contributed by atoms with Gasteiger partial charge in [0.25, 0.3) is 5.91 Å². The number of nitrogens with one attached hydrogen (secondary N) is 2. The van der Waals surface area contributed by atoms with Crippen LogP contribution in [0.3, 0.4) is 0 Å². The number of rotatable bonds is 6. The van der Waals surface area contributed by atoms with Crippen LogP contribution in [-0.4, -0.2) is 24.0 Å². The number of anilines is 1. The second kappa shape index (κ2) is 6.82. The topological polar surface area (TPSA) is 54.0 Å². The van der Waals surface area contributed by atoms with Crippen LogP contribution in [0.2, 0.25) is 0 Å². The first-order valence-corrected chi connectivity index (χ1v) is 5.76. The molecule has 0 aromatic carbocycles. The van der Waals surface area contributed by atoms with Gasteiger partial charge in [0.15, 0.2) is 0 Å². The number of aromatic nitrogens is 1. The van der Waals surface area contributed by atoms with Crippen molar-refractivity contribution in [1.29, 1.82) is 0 Å². The minimum Gasteiger partial charge on any atom is -0.385 e. The van der Waals surface area contributed by atoms with Crippen LogP contribution in [0.5, 0.6) is 0 Å². The second-order valence-electron chi connectivity index (χ2n) is 3.57. The van der Waals surface area contributed by atoms with Crippen molar-refractivity contribution in [2.75, 3.05) is 18.4 Å². The Morgan fingerprint density at radius 1 is 1.44 bits per heavy atom. The van der Waals surface area contributed by atoms with E-state index in [4.69, 9.17) is 0 Å². The fourth-order valence-corrected chi connectivity index (χ4v) is 1.33. The van der Waals surface area contributed by atoms with Gasteiger partial charge in [-0.15, -0.1) is 0 Å². The molecule has 0 bridgehead atoms. The molecule has 4 nitrogen and oxygen atoms in total. The summed E-state index contributed by atoms with van der Waals surface area (Å²) < 4.78 is 0. The first-order chi connectivity index (χ1) is 7.77. The van der Waals surface area contributed by atoms with Crippen molar-refractivity contribution in [2.45, 2.75) is 26.7 Å². The number of pyridine rings is 1. The second-order valence-corrected chi connectivity index (χ2v) is 3.57. The molecule has 0 saturated carbocycles. The van der Waals surface area contributed by atoms with Gasteiger partial charge in [0.1, 0.15) is 5.69 Å². The molecule has 0 spiro atoms. The maximum absolute atomic E-state index is 11.5. The smallest absolute Gasteiger partial charge is 0.269 e. The van der Waals surface area contributed by atoms with Gasteiger partial charge in [-0.3, -0.25) is 9.78 Å². The van der Waals surface area contributed by atoms with Crippen LogP contribution in [0.4, 0.5) is 5.69 Å². The molecule has 0 fully saturated rings. The Balaban J connectivity index is 2.60. The van der Waals surface area contributed by atoms with Gasteiger partial charge in [0.2, 0.25) is 0 Å². The largest absolute Gasteiger partial charge is 0.385 e. The number of hydrogen-bond donors (Lipinski definition) is 2. The van der Waals surface area contributed by atoms with E-state index in [2.05, 4.69) is 22.5 Å². The molecule has 1 aromatic heterocycles. The van der Waals surface area contributed by atoms with E-state index in [0.29, 0.717) is 12.2 Å². The fourth-order valence-electron chi connectivity index (χ4n) is 1.33. The van der Waals surface area contributed by atoms with Gasteiger partial charge in [-0.25, -0.2) is 0 Å². The molecule has 0 radical (unpaired) electrons. The predicted octanol–water partition coefficient (Wildman–Crippen LogP) is 2.04. The summed E-state index contributed by atoms with van der Waals surface area (Å²) in [5.41, 5.74) is 1.41. The third-order valence-electron chi connectivity index (χ3n) is 2.19. The Hall–Kier alpha value is -1.58. The molecule has 1 rings (SSSR count). The molecule has 0 aliphatic heterocycles. The lowest BCUT2D eigenvalue weighted by atomic mass is 10.3. The number of nitrogens with zero attached hydrogens (tertiary/aromatic N) is 1. The van der Waals surface area contributed by atoms with E-state index in [1.807, 2.05) is 13.0 Å². The molecular formula is C12H19N3O. The van der Waals surface area contributed by atoms with E-state index in [-0.39, 0.29) is 5.91 Å². The van der Waals surface area contributed by atoms with Crippen molar-refractivity contribution >= 4 is 11.6 Å². The minimum absolute atomic E-state index is 0.123. The van der Waals surface area contributed by atoms with Crippen molar-refractivity contribution < 1.29 is 4.79 Å². The summed E-state index contributed by atoms with van der Waals surface area (Å²) in [6.45, 7) is 5.58. The van der Waals surface area contributed by atoms with E-state index in [9.17, 15) is 4.79 Å². The van der Waals surface area contributed by atoms with Crippen LogP contribution in [0, 0.1) is 0 Å². The minimum atomic E-state index is -0.123. The maximum Gasteiger partial charge on any atom is 0.269 e. The van der Waals surface area contributed by atoms with Gasteiger partial charge in [-0.2, -0.15) is 0 Å². The quantitative estimate of drug-likeness (QED) is 0.723. The van der Waals surface area contributed by atoms with Gasteiger partial charge in [-0.1, -0.05) is 13.3 Å². The van der Waals surface area contributed by atoms with Gasteiger partial charge in [0, 0.05) is 25.0 Å². The summed E-state index contributed by atoms with van der Waals surface area (Å²) in [7, 11) is 0. The molecule has 1 aromatic rings. The van der Waals surface area contributed by atoms with Crippen LogP contribution in [0.15, 0.2) is 18.3 Å². The van der Waals surface area contributed by atoms with E-state index in [1.165, 1.54) is 0 Å². The first kappa shape index (κ1) is 12.5. The van der Waals surface area contributed by atoms with Crippen molar-refractivity contribution in [2.24, 2.45) is 0 Å². The Morgan fingerprint density at radius 3 is 2.94 bits per heavy atom. The zero-order chi connectivity index (χ0) is 11.8. The summed E-state index contributed by atoms with van der Waals surface area (Å²) in [4.78, 5) is 15.6. The Morgan fingerprint density at radius 2 is 2.25 bits per heavy atom. The number of unbranched alkanes of at least 4 members (excludes halogenated alkanes) is 1. The highest BCUT2D eigenvalue weighted by Crippen LogP contribution is 2.08. The Kier molecular flexibility index (Phi) is 5.32. The Labute approximate surface area is 96.5 Å². The molecule has 16 heavy (non-hydrogen) atoms. The van der Waals surface area contributed by atoms with E-state index in [1.54, 1.807) is 12.3 Å². The average molecular weight is 221 g/mol. The summed E-state index contributed by atoms with van der Waals surface area (Å²) in [5, 5.41) is 5.99. The van der Waals surface area contributed by atoms with Crippen molar-refractivity contribution in [3.8, 4) is 0 Å². The molecule has 4 heteroatoms. The Bertz CT molecular complexity index is 339. The predicted molar refractivity (Wildman–Crippen MR) is 65.6 cm³/mol. The van der Waals surface area contributed by atoms with Gasteiger partial charge in [-0.05, 0) is 25.5 Å². The van der Waals surface area contributed by atoms with Gasteiger partial charge < -0.3 is 10.6 Å². The van der Waals surface area contributed by atoms with E-state index < -0.39 is 0 Å². The monoisotopic (exact) mass is 221 g/mol. The van der Waals surface area contributed by atoms with Crippen LogP contribution in [-0.2, 0) is 0 Å². The van der Waals surface area contributed by atoms with Crippen molar-refractivity contribution in [3.63, 3.8) is 0 Å². The van der Waals surface area contributed by atoms with Crippen molar-refractivity contribution in [1.82, 2.24) is 10.3 Å². The molecule has 88 valence electrons. The van der Waals surface area contributed by atoms with E-state index in [0.717, 1.165) is 25.1 Å². The lowest BCUT2D eigenvalue weighted by Gasteiger charge is -2.07. The van der Waals surface area contributed by atoms with Crippen molar-refractivity contribution in [3.05, 3.63) is 24.0 Å². The van der Waals surface area contributed by atoms with Gasteiger partial charge in [0.05, 0.1) is 0 Å². The number of hydrogen-bond acceptors (Lipinski definition) is 3. The van der Waals surface area contributed by atoms with Gasteiger partial charge >= 0.3 is 0 Å². The highest BCUT2D eigenvalue weighted by Gasteiger charge is 2.05. The molecule has 1 heterocycles. The maximum atomic E-state index is 11.5. The third-order valence-corrected chi connectivity index (χ3v) is 2.19. The lowest BCUT2D eigenvalue weighted by molar-refractivity contribution is 0.0951. The third kappa shape index (κ3) is 3.88. The molecule has 0 aliphatic rings. The highest BCUT2D eigenvalue weighted by atomic mass is 16.1. The molecule has 0 saturated heterocycles.